The van der Waals surface area contributed by atoms with Gasteiger partial charge in [0.2, 0.25) is 0 Å². The van der Waals surface area contributed by atoms with Gasteiger partial charge in [-0.25, -0.2) is 14.4 Å². The molecular weight excluding hydrogens is 568 g/mol. The minimum atomic E-state index is -0.729. The molecule has 0 fully saturated rings. The number of methoxy groups -OCH3 is 1. The van der Waals surface area contributed by atoms with Crippen molar-refractivity contribution < 1.29 is 33.3 Å². The van der Waals surface area contributed by atoms with Gasteiger partial charge in [-0.15, -0.1) is 0 Å². The van der Waals surface area contributed by atoms with Crippen molar-refractivity contribution >= 4 is 17.9 Å². The van der Waals surface area contributed by atoms with Crippen molar-refractivity contribution in [3.05, 3.63) is 126 Å². The number of ether oxygens (including phenoxy) is 4. The third-order valence-electron chi connectivity index (χ3n) is 6.93. The van der Waals surface area contributed by atoms with Crippen LogP contribution in [0.3, 0.4) is 0 Å². The zero-order valence-corrected chi connectivity index (χ0v) is 25.8. The SMILES string of the molecule is C=C(C)C(=O)Oc1ccc(-c2ccc(OC(=O)C(=C)COC)c(C(=O)Oc3ccc(-c4ccc(CCCC)cc4)cc3)c2)cc1. The fraction of sp³-hybridized carbons (Fsp3) is 0.184. The van der Waals surface area contributed by atoms with Crippen LogP contribution >= 0.6 is 0 Å². The lowest BCUT2D eigenvalue weighted by atomic mass is 10.0. The topological polar surface area (TPSA) is 88.1 Å². The van der Waals surface area contributed by atoms with E-state index in [4.69, 9.17) is 18.9 Å². The van der Waals surface area contributed by atoms with E-state index in [1.807, 2.05) is 12.1 Å². The summed E-state index contributed by atoms with van der Waals surface area (Å²) in [6.45, 7) is 11.0. The minimum absolute atomic E-state index is 0.0118. The number of hydrogen-bond acceptors (Lipinski definition) is 7. The maximum atomic E-state index is 13.5. The van der Waals surface area contributed by atoms with Gasteiger partial charge in [0.05, 0.1) is 12.2 Å². The van der Waals surface area contributed by atoms with Gasteiger partial charge >= 0.3 is 17.9 Å². The molecule has 4 aromatic carbocycles. The Morgan fingerprint density at radius 1 is 0.667 bits per heavy atom. The molecule has 0 atom stereocenters. The monoisotopic (exact) mass is 604 g/mol. The largest absolute Gasteiger partial charge is 0.423 e. The molecule has 0 amide bonds. The third-order valence-corrected chi connectivity index (χ3v) is 6.93. The second kappa shape index (κ2) is 15.5. The molecule has 0 unspecified atom stereocenters. The van der Waals surface area contributed by atoms with Crippen molar-refractivity contribution in [2.24, 2.45) is 0 Å². The summed E-state index contributed by atoms with van der Waals surface area (Å²) in [4.78, 5) is 38.0. The number of carbonyl (C=O) groups excluding carboxylic acids is 3. The standard InChI is InChI=1S/C38H36O7/c1-6-7-8-27-9-11-28(12-10-27)29-13-18-33(19-14-29)44-38(41)34-23-31(17-22-35(34)45-37(40)26(4)24-42-5)30-15-20-32(21-16-30)43-36(39)25(2)3/h9-23H,2,4,6-8,24H2,1,3,5H3. The molecule has 0 bridgehead atoms. The second-order valence-corrected chi connectivity index (χ2v) is 10.5. The number of carbonyl (C=O) groups is 3. The first-order chi connectivity index (χ1) is 21.7. The highest BCUT2D eigenvalue weighted by molar-refractivity contribution is 5.98. The minimum Gasteiger partial charge on any atom is -0.423 e. The van der Waals surface area contributed by atoms with Crippen LogP contribution in [0.4, 0.5) is 0 Å². The van der Waals surface area contributed by atoms with Crippen molar-refractivity contribution in [2.75, 3.05) is 13.7 Å². The van der Waals surface area contributed by atoms with Gasteiger partial charge in [-0.1, -0.05) is 81.1 Å². The quantitative estimate of drug-likeness (QED) is 0.0864. The van der Waals surface area contributed by atoms with E-state index in [-0.39, 0.29) is 29.1 Å². The van der Waals surface area contributed by atoms with Crippen LogP contribution in [0.5, 0.6) is 17.2 Å². The summed E-state index contributed by atoms with van der Waals surface area (Å²) < 4.78 is 21.5. The summed E-state index contributed by atoms with van der Waals surface area (Å²) in [5.74, 6) is -1.27. The molecule has 0 aliphatic heterocycles. The Balaban J connectivity index is 1.57. The molecule has 0 aliphatic rings. The Morgan fingerprint density at radius 3 is 1.76 bits per heavy atom. The molecule has 7 heteroatoms. The smallest absolute Gasteiger partial charge is 0.347 e. The molecule has 0 saturated carbocycles. The van der Waals surface area contributed by atoms with Crippen LogP contribution < -0.4 is 14.2 Å². The van der Waals surface area contributed by atoms with Crippen molar-refractivity contribution in [3.8, 4) is 39.5 Å². The van der Waals surface area contributed by atoms with E-state index in [1.165, 1.54) is 18.7 Å². The van der Waals surface area contributed by atoms with E-state index < -0.39 is 17.9 Å². The van der Waals surface area contributed by atoms with Crippen LogP contribution in [0, 0.1) is 0 Å². The van der Waals surface area contributed by atoms with E-state index in [0.29, 0.717) is 17.1 Å². The van der Waals surface area contributed by atoms with Crippen molar-refractivity contribution in [1.82, 2.24) is 0 Å². The number of benzene rings is 4. The summed E-state index contributed by atoms with van der Waals surface area (Å²) in [5, 5.41) is 0. The van der Waals surface area contributed by atoms with Crippen molar-refractivity contribution in [1.29, 1.82) is 0 Å². The highest BCUT2D eigenvalue weighted by Crippen LogP contribution is 2.31. The number of hydrogen-bond donors (Lipinski definition) is 0. The lowest BCUT2D eigenvalue weighted by Gasteiger charge is -2.13. The van der Waals surface area contributed by atoms with E-state index in [9.17, 15) is 14.4 Å². The molecule has 0 aromatic heterocycles. The summed E-state index contributed by atoms with van der Waals surface area (Å²) >= 11 is 0. The average Bonchev–Trinajstić information content (AvgIpc) is 3.05. The number of esters is 3. The lowest BCUT2D eigenvalue weighted by molar-refractivity contribution is -0.131. The first kappa shape index (κ1) is 32.6. The molecule has 45 heavy (non-hydrogen) atoms. The van der Waals surface area contributed by atoms with E-state index in [0.717, 1.165) is 36.0 Å². The zero-order valence-electron chi connectivity index (χ0n) is 25.8. The molecule has 0 radical (unpaired) electrons. The van der Waals surface area contributed by atoms with Gasteiger partial charge in [0, 0.05) is 12.7 Å². The molecule has 0 spiro atoms. The summed E-state index contributed by atoms with van der Waals surface area (Å²) in [5.41, 5.74) is 5.14. The van der Waals surface area contributed by atoms with Gasteiger partial charge in [0.15, 0.2) is 0 Å². The Labute approximate surface area is 263 Å². The Bertz CT molecular complexity index is 1680. The third kappa shape index (κ3) is 8.87. The van der Waals surface area contributed by atoms with E-state index in [1.54, 1.807) is 55.5 Å². The molecule has 4 rings (SSSR count). The van der Waals surface area contributed by atoms with Crippen LogP contribution in [-0.2, 0) is 20.7 Å². The molecule has 0 heterocycles. The highest BCUT2D eigenvalue weighted by Gasteiger charge is 2.20. The van der Waals surface area contributed by atoms with E-state index >= 15 is 0 Å². The van der Waals surface area contributed by atoms with Crippen LogP contribution in [-0.4, -0.2) is 31.6 Å². The van der Waals surface area contributed by atoms with Gasteiger partial charge < -0.3 is 18.9 Å². The van der Waals surface area contributed by atoms with Gasteiger partial charge in [-0.3, -0.25) is 0 Å². The first-order valence-corrected chi connectivity index (χ1v) is 14.6. The maximum absolute atomic E-state index is 13.5. The lowest BCUT2D eigenvalue weighted by Crippen LogP contribution is -2.17. The molecule has 230 valence electrons. The number of unbranched alkanes of at least 4 members (excludes halogenated alkanes) is 1. The Kier molecular flexibility index (Phi) is 11.2. The van der Waals surface area contributed by atoms with Gasteiger partial charge in [0.25, 0.3) is 0 Å². The van der Waals surface area contributed by atoms with Crippen molar-refractivity contribution in [3.63, 3.8) is 0 Å². The number of rotatable bonds is 13. The van der Waals surface area contributed by atoms with Crippen LogP contribution in [0.25, 0.3) is 22.3 Å². The highest BCUT2D eigenvalue weighted by atomic mass is 16.6. The fourth-order valence-electron chi connectivity index (χ4n) is 4.40. The Morgan fingerprint density at radius 2 is 1.20 bits per heavy atom. The van der Waals surface area contributed by atoms with Crippen LogP contribution in [0.1, 0.15) is 42.6 Å². The summed E-state index contributed by atoms with van der Waals surface area (Å²) in [6, 6.07) is 27.2. The molecule has 0 N–H and O–H groups in total. The predicted octanol–water partition coefficient (Wildman–Crippen LogP) is 8.17. The fourth-order valence-corrected chi connectivity index (χ4v) is 4.40. The maximum Gasteiger partial charge on any atom is 0.347 e. The van der Waals surface area contributed by atoms with Crippen LogP contribution in [0.15, 0.2) is 115 Å². The predicted molar refractivity (Wildman–Crippen MR) is 174 cm³/mol. The molecule has 0 saturated heterocycles. The molecular formula is C38H36O7. The van der Waals surface area contributed by atoms with E-state index in [2.05, 4.69) is 44.3 Å². The average molecular weight is 605 g/mol. The summed E-state index contributed by atoms with van der Waals surface area (Å²) in [6.07, 6.45) is 3.37. The second-order valence-electron chi connectivity index (χ2n) is 10.5. The molecule has 7 nitrogen and oxygen atoms in total. The summed E-state index contributed by atoms with van der Waals surface area (Å²) in [7, 11) is 1.44. The zero-order chi connectivity index (χ0) is 32.3. The normalized spacial score (nSPS) is 10.6. The van der Waals surface area contributed by atoms with Gasteiger partial charge in [-0.05, 0) is 84.0 Å². The van der Waals surface area contributed by atoms with Crippen molar-refractivity contribution in [2.45, 2.75) is 33.1 Å². The molecule has 4 aromatic rings. The first-order valence-electron chi connectivity index (χ1n) is 14.6. The molecule has 0 aliphatic carbocycles. The Hall–Kier alpha value is -5.27. The number of aryl methyl sites for hydroxylation is 1. The van der Waals surface area contributed by atoms with Gasteiger partial charge in [-0.2, -0.15) is 0 Å². The van der Waals surface area contributed by atoms with Crippen LogP contribution in [0.2, 0.25) is 0 Å². The van der Waals surface area contributed by atoms with Gasteiger partial charge in [0.1, 0.15) is 22.8 Å².